The molecule has 1 aliphatic rings. The third-order valence-electron chi connectivity index (χ3n) is 5.75. The summed E-state index contributed by atoms with van der Waals surface area (Å²) in [5.41, 5.74) is 2.39. The first-order chi connectivity index (χ1) is 13.8. The monoisotopic (exact) mass is 403 g/mol. The van der Waals surface area contributed by atoms with E-state index in [-0.39, 0.29) is 11.8 Å². The largest absolute Gasteiger partial charge is 0.480 e. The van der Waals surface area contributed by atoms with Gasteiger partial charge in [-0.2, -0.15) is 10.1 Å². The summed E-state index contributed by atoms with van der Waals surface area (Å²) in [5, 5.41) is 15.5. The van der Waals surface area contributed by atoms with E-state index in [1.54, 1.807) is 4.90 Å². The number of aromatic nitrogens is 4. The highest BCUT2D eigenvalue weighted by molar-refractivity contribution is 5.76. The normalized spacial score (nSPS) is 16.0. The molecule has 1 N–H and O–H groups in total. The molecular formula is C20H29N5O4. The average molecular weight is 403 g/mol. The van der Waals surface area contributed by atoms with E-state index < -0.39 is 5.60 Å². The molecule has 3 heterocycles. The molecule has 0 bridgehead atoms. The summed E-state index contributed by atoms with van der Waals surface area (Å²) in [6.07, 6.45) is 3.31. The van der Waals surface area contributed by atoms with Crippen molar-refractivity contribution in [3.63, 3.8) is 0 Å². The van der Waals surface area contributed by atoms with Crippen molar-refractivity contribution in [1.29, 1.82) is 0 Å². The average Bonchev–Trinajstić information content (AvgIpc) is 2.97. The number of piperidine rings is 1. The van der Waals surface area contributed by atoms with Crippen LogP contribution in [0.3, 0.4) is 0 Å². The Kier molecular flexibility index (Phi) is 6.07. The van der Waals surface area contributed by atoms with E-state index >= 15 is 0 Å². The van der Waals surface area contributed by atoms with Crippen molar-refractivity contribution in [2.45, 2.75) is 45.1 Å². The van der Waals surface area contributed by atoms with Gasteiger partial charge < -0.3 is 19.5 Å². The SMILES string of the molecule is COc1cnc(C2(O)CCN(C(=O)CCc3c(C)nn(C)c3C)CC2)c(OC)n1. The molecule has 9 heteroatoms. The standard InChI is InChI=1S/C20H29N5O4/c1-13-15(14(2)24(3)23-13)6-7-17(26)25-10-8-20(27,9-11-25)18-19(29-5)22-16(28-4)12-21-18/h12,27H,6-11H2,1-5H3. The Hall–Kier alpha value is -2.68. The lowest BCUT2D eigenvalue weighted by atomic mass is 9.87. The zero-order valence-corrected chi connectivity index (χ0v) is 17.7. The molecule has 0 saturated carbocycles. The summed E-state index contributed by atoms with van der Waals surface area (Å²) in [6.45, 7) is 4.90. The Morgan fingerprint density at radius 1 is 1.24 bits per heavy atom. The number of likely N-dealkylation sites (tertiary alicyclic amines) is 1. The third-order valence-corrected chi connectivity index (χ3v) is 5.75. The zero-order chi connectivity index (χ0) is 21.2. The molecule has 1 amide bonds. The Labute approximate surface area is 170 Å². The van der Waals surface area contributed by atoms with E-state index in [4.69, 9.17) is 9.47 Å². The van der Waals surface area contributed by atoms with Crippen molar-refractivity contribution in [1.82, 2.24) is 24.6 Å². The predicted molar refractivity (Wildman–Crippen MR) is 106 cm³/mol. The fraction of sp³-hybridized carbons (Fsp3) is 0.600. The van der Waals surface area contributed by atoms with Crippen LogP contribution in [-0.2, 0) is 23.9 Å². The van der Waals surface area contributed by atoms with Gasteiger partial charge in [0.1, 0.15) is 11.3 Å². The lowest BCUT2D eigenvalue weighted by Crippen LogP contribution is -2.45. The lowest BCUT2D eigenvalue weighted by molar-refractivity contribution is -0.135. The minimum Gasteiger partial charge on any atom is -0.480 e. The van der Waals surface area contributed by atoms with Gasteiger partial charge in [-0.05, 0) is 38.7 Å². The maximum atomic E-state index is 12.7. The van der Waals surface area contributed by atoms with E-state index in [1.807, 2.05) is 25.6 Å². The van der Waals surface area contributed by atoms with Crippen LogP contribution in [0, 0.1) is 13.8 Å². The lowest BCUT2D eigenvalue weighted by Gasteiger charge is -2.38. The van der Waals surface area contributed by atoms with E-state index in [2.05, 4.69) is 15.1 Å². The second-order valence-electron chi connectivity index (χ2n) is 7.46. The maximum Gasteiger partial charge on any atom is 0.241 e. The smallest absolute Gasteiger partial charge is 0.241 e. The molecule has 2 aromatic rings. The van der Waals surface area contributed by atoms with Crippen LogP contribution in [0.25, 0.3) is 0 Å². The van der Waals surface area contributed by atoms with Crippen LogP contribution in [0.2, 0.25) is 0 Å². The molecule has 29 heavy (non-hydrogen) atoms. The van der Waals surface area contributed by atoms with Crippen molar-refractivity contribution >= 4 is 5.91 Å². The third kappa shape index (κ3) is 4.19. The summed E-state index contributed by atoms with van der Waals surface area (Å²) in [7, 11) is 4.89. The number of nitrogens with zero attached hydrogens (tertiary/aromatic N) is 5. The zero-order valence-electron chi connectivity index (χ0n) is 17.7. The molecule has 0 atom stereocenters. The summed E-state index contributed by atoms with van der Waals surface area (Å²) < 4.78 is 12.2. The Bertz CT molecular complexity index is 887. The summed E-state index contributed by atoms with van der Waals surface area (Å²) in [5.74, 6) is 0.652. The highest BCUT2D eigenvalue weighted by atomic mass is 16.5. The maximum absolute atomic E-state index is 12.7. The number of aliphatic hydroxyl groups is 1. The molecule has 1 fully saturated rings. The van der Waals surface area contributed by atoms with Gasteiger partial charge in [-0.25, -0.2) is 4.98 Å². The number of carbonyl (C=O) groups excluding carboxylic acids is 1. The second kappa shape index (κ2) is 8.36. The van der Waals surface area contributed by atoms with Gasteiger partial charge in [0.2, 0.25) is 17.7 Å². The fourth-order valence-electron chi connectivity index (χ4n) is 3.85. The quantitative estimate of drug-likeness (QED) is 0.775. The van der Waals surface area contributed by atoms with Crippen LogP contribution in [0.1, 0.15) is 41.9 Å². The summed E-state index contributed by atoms with van der Waals surface area (Å²) in [4.78, 5) is 23.0. The molecule has 0 unspecified atom stereocenters. The first-order valence-corrected chi connectivity index (χ1v) is 9.73. The van der Waals surface area contributed by atoms with Gasteiger partial charge in [0.05, 0.1) is 26.1 Å². The second-order valence-corrected chi connectivity index (χ2v) is 7.46. The van der Waals surface area contributed by atoms with Crippen LogP contribution in [0.5, 0.6) is 11.8 Å². The fourth-order valence-corrected chi connectivity index (χ4v) is 3.85. The van der Waals surface area contributed by atoms with Gasteiger partial charge in [0.25, 0.3) is 0 Å². The Balaban J connectivity index is 1.63. The van der Waals surface area contributed by atoms with Gasteiger partial charge in [-0.15, -0.1) is 0 Å². The topological polar surface area (TPSA) is 103 Å². The van der Waals surface area contributed by atoms with Crippen LogP contribution in [0.4, 0.5) is 0 Å². The molecule has 1 aliphatic heterocycles. The Morgan fingerprint density at radius 3 is 2.48 bits per heavy atom. The first-order valence-electron chi connectivity index (χ1n) is 9.73. The number of methoxy groups -OCH3 is 2. The van der Waals surface area contributed by atoms with Gasteiger partial charge >= 0.3 is 0 Å². The molecule has 0 radical (unpaired) electrons. The highest BCUT2D eigenvalue weighted by Crippen LogP contribution is 2.36. The van der Waals surface area contributed by atoms with Crippen molar-refractivity contribution in [3.05, 3.63) is 28.8 Å². The van der Waals surface area contributed by atoms with Crippen molar-refractivity contribution in [2.24, 2.45) is 7.05 Å². The number of carbonyl (C=O) groups is 1. The van der Waals surface area contributed by atoms with Gasteiger partial charge in [0, 0.05) is 32.3 Å². The number of ether oxygens (including phenoxy) is 2. The number of rotatable bonds is 6. The number of amides is 1. The molecule has 1 saturated heterocycles. The van der Waals surface area contributed by atoms with Crippen molar-refractivity contribution < 1.29 is 19.4 Å². The Morgan fingerprint density at radius 2 is 1.93 bits per heavy atom. The molecular weight excluding hydrogens is 374 g/mol. The van der Waals surface area contributed by atoms with Crippen LogP contribution < -0.4 is 9.47 Å². The van der Waals surface area contributed by atoms with E-state index in [0.717, 1.165) is 17.0 Å². The predicted octanol–water partition coefficient (Wildman–Crippen LogP) is 1.29. The minimum absolute atomic E-state index is 0.0856. The van der Waals surface area contributed by atoms with Crippen molar-refractivity contribution in [2.75, 3.05) is 27.3 Å². The van der Waals surface area contributed by atoms with Crippen LogP contribution in [0.15, 0.2) is 6.20 Å². The van der Waals surface area contributed by atoms with E-state index in [1.165, 1.54) is 20.4 Å². The van der Waals surface area contributed by atoms with Crippen LogP contribution >= 0.6 is 0 Å². The number of hydrogen-bond acceptors (Lipinski definition) is 7. The molecule has 158 valence electrons. The molecule has 9 nitrogen and oxygen atoms in total. The number of aryl methyl sites for hydroxylation is 2. The first kappa shape index (κ1) is 21.0. The molecule has 2 aromatic heterocycles. The number of hydrogen-bond donors (Lipinski definition) is 1. The summed E-state index contributed by atoms with van der Waals surface area (Å²) in [6, 6.07) is 0. The van der Waals surface area contributed by atoms with Gasteiger partial charge in [-0.1, -0.05) is 0 Å². The highest BCUT2D eigenvalue weighted by Gasteiger charge is 2.39. The summed E-state index contributed by atoms with van der Waals surface area (Å²) >= 11 is 0. The van der Waals surface area contributed by atoms with Crippen molar-refractivity contribution in [3.8, 4) is 11.8 Å². The van der Waals surface area contributed by atoms with Gasteiger partial charge in [0.15, 0.2) is 0 Å². The molecule has 3 rings (SSSR count). The molecule has 0 aliphatic carbocycles. The minimum atomic E-state index is -1.18. The molecule has 0 spiro atoms. The van der Waals surface area contributed by atoms with Crippen LogP contribution in [-0.4, -0.2) is 63.0 Å². The van der Waals surface area contributed by atoms with Gasteiger partial charge in [-0.3, -0.25) is 9.48 Å². The van der Waals surface area contributed by atoms with E-state index in [0.29, 0.717) is 50.3 Å². The van der Waals surface area contributed by atoms with E-state index in [9.17, 15) is 9.90 Å². The molecule has 0 aromatic carbocycles.